The van der Waals surface area contributed by atoms with E-state index in [0.29, 0.717) is 49.4 Å². The zero-order valence-electron chi connectivity index (χ0n) is 22.4. The van der Waals surface area contributed by atoms with E-state index in [1.54, 1.807) is 4.90 Å². The Hall–Kier alpha value is -3.27. The number of aryl methyl sites for hydroxylation is 2. The Morgan fingerprint density at radius 1 is 1.03 bits per heavy atom. The van der Waals surface area contributed by atoms with Gasteiger partial charge in [-0.05, 0) is 56.2 Å². The number of rotatable bonds is 6. The fourth-order valence-corrected chi connectivity index (χ4v) is 6.36. The lowest BCUT2D eigenvalue weighted by Gasteiger charge is -2.43. The number of fused-ring (bicyclic) bond motifs is 1. The van der Waals surface area contributed by atoms with E-state index < -0.39 is 18.5 Å². The summed E-state index contributed by atoms with van der Waals surface area (Å²) in [7, 11) is 0. The summed E-state index contributed by atoms with van der Waals surface area (Å²) in [6.07, 6.45) is -0.284. The molecule has 2 amide bonds. The van der Waals surface area contributed by atoms with Gasteiger partial charge in [-0.15, -0.1) is 0 Å². The standard InChI is InChI=1S/C29H34F3N5O2/c1-20-26(21(2)34-19-33-20)27(39)37-17-22-15-35(16-23(22)18-37)11-8-28(24-6-4-3-5-7-24)9-12-36(13-10-28)25(38)14-29(30,31)32/h3-7,17,19,23H,8-16,18H2,1-2H3. The van der Waals surface area contributed by atoms with Gasteiger partial charge in [-0.2, -0.15) is 13.2 Å². The van der Waals surface area contributed by atoms with Crippen molar-refractivity contribution in [1.29, 1.82) is 0 Å². The van der Waals surface area contributed by atoms with E-state index in [9.17, 15) is 22.8 Å². The Bertz CT molecular complexity index is 1240. The molecular weight excluding hydrogens is 507 g/mol. The lowest BCUT2D eigenvalue weighted by atomic mass is 9.70. The number of aromatic nitrogens is 2. The highest BCUT2D eigenvalue weighted by atomic mass is 19.4. The molecule has 0 radical (unpaired) electrons. The third-order valence-electron chi connectivity index (χ3n) is 8.57. The second-order valence-electron chi connectivity index (χ2n) is 11.1. The molecule has 208 valence electrons. The van der Waals surface area contributed by atoms with Gasteiger partial charge in [0.2, 0.25) is 5.91 Å². The van der Waals surface area contributed by atoms with E-state index in [4.69, 9.17) is 0 Å². The third kappa shape index (κ3) is 5.85. The van der Waals surface area contributed by atoms with Gasteiger partial charge in [0.15, 0.2) is 0 Å². The first-order chi connectivity index (χ1) is 18.5. The summed E-state index contributed by atoms with van der Waals surface area (Å²) in [4.78, 5) is 39.3. The molecule has 2 aromatic rings. The van der Waals surface area contributed by atoms with E-state index in [1.807, 2.05) is 38.2 Å². The monoisotopic (exact) mass is 541 g/mol. The molecule has 0 spiro atoms. The maximum Gasteiger partial charge on any atom is 0.397 e. The maximum atomic E-state index is 13.2. The molecule has 3 aliphatic rings. The van der Waals surface area contributed by atoms with Crippen molar-refractivity contribution in [3.63, 3.8) is 0 Å². The van der Waals surface area contributed by atoms with Crippen molar-refractivity contribution < 1.29 is 22.8 Å². The molecule has 2 fully saturated rings. The average Bonchev–Trinajstić information content (AvgIpc) is 3.46. The van der Waals surface area contributed by atoms with Crippen LogP contribution < -0.4 is 0 Å². The molecule has 2 saturated heterocycles. The fraction of sp³-hybridized carbons (Fsp3) is 0.517. The Morgan fingerprint density at radius 3 is 2.31 bits per heavy atom. The average molecular weight is 542 g/mol. The van der Waals surface area contributed by atoms with Crippen LogP contribution in [0.25, 0.3) is 0 Å². The van der Waals surface area contributed by atoms with Crippen LogP contribution in [0.2, 0.25) is 0 Å². The number of hydrogen-bond acceptors (Lipinski definition) is 5. The first kappa shape index (κ1) is 27.3. The van der Waals surface area contributed by atoms with E-state index in [2.05, 4.69) is 27.0 Å². The zero-order valence-corrected chi connectivity index (χ0v) is 22.4. The van der Waals surface area contributed by atoms with Gasteiger partial charge >= 0.3 is 6.18 Å². The van der Waals surface area contributed by atoms with Crippen LogP contribution in [-0.4, -0.2) is 81.9 Å². The van der Waals surface area contributed by atoms with Crippen LogP contribution in [0.5, 0.6) is 0 Å². The lowest BCUT2D eigenvalue weighted by Crippen LogP contribution is -2.47. The number of alkyl halides is 3. The quantitative estimate of drug-likeness (QED) is 0.547. The van der Waals surface area contributed by atoms with E-state index in [0.717, 1.165) is 26.1 Å². The molecule has 10 heteroatoms. The van der Waals surface area contributed by atoms with Crippen molar-refractivity contribution >= 4 is 11.8 Å². The lowest BCUT2D eigenvalue weighted by molar-refractivity contribution is -0.162. The number of piperidine rings is 1. The van der Waals surface area contributed by atoms with Gasteiger partial charge in [-0.1, -0.05) is 30.3 Å². The van der Waals surface area contributed by atoms with Crippen LogP contribution in [0.3, 0.4) is 0 Å². The van der Waals surface area contributed by atoms with Crippen molar-refractivity contribution in [3.05, 3.63) is 70.9 Å². The molecule has 0 N–H and O–H groups in total. The van der Waals surface area contributed by atoms with Gasteiger partial charge in [0.05, 0.1) is 17.0 Å². The van der Waals surface area contributed by atoms with E-state index in [1.165, 1.54) is 22.4 Å². The summed E-state index contributed by atoms with van der Waals surface area (Å²) >= 11 is 0. The van der Waals surface area contributed by atoms with Crippen LogP contribution in [0.1, 0.15) is 53.0 Å². The normalized spacial score (nSPS) is 21.2. The Balaban J connectivity index is 1.22. The number of likely N-dealkylation sites (tertiary alicyclic amines) is 2. The van der Waals surface area contributed by atoms with Crippen LogP contribution in [0.4, 0.5) is 13.2 Å². The number of carbonyl (C=O) groups excluding carboxylic acids is 2. The van der Waals surface area contributed by atoms with Crippen molar-refractivity contribution in [2.75, 3.05) is 39.3 Å². The molecule has 0 aliphatic carbocycles. The molecule has 4 heterocycles. The van der Waals surface area contributed by atoms with Crippen LogP contribution >= 0.6 is 0 Å². The number of carbonyl (C=O) groups is 2. The molecular formula is C29H34F3N5O2. The first-order valence-corrected chi connectivity index (χ1v) is 13.5. The van der Waals surface area contributed by atoms with Crippen molar-refractivity contribution in [2.24, 2.45) is 5.92 Å². The van der Waals surface area contributed by atoms with Gasteiger partial charge in [-0.25, -0.2) is 9.97 Å². The van der Waals surface area contributed by atoms with E-state index in [-0.39, 0.29) is 17.2 Å². The fourth-order valence-electron chi connectivity index (χ4n) is 6.36. The predicted molar refractivity (Wildman–Crippen MR) is 140 cm³/mol. The topological polar surface area (TPSA) is 69.6 Å². The maximum absolute atomic E-state index is 13.2. The zero-order chi connectivity index (χ0) is 27.8. The largest absolute Gasteiger partial charge is 0.397 e. The molecule has 39 heavy (non-hydrogen) atoms. The molecule has 1 aromatic heterocycles. The van der Waals surface area contributed by atoms with Crippen LogP contribution in [0, 0.1) is 19.8 Å². The van der Waals surface area contributed by atoms with Gasteiger partial charge in [0.25, 0.3) is 5.91 Å². The summed E-state index contributed by atoms with van der Waals surface area (Å²) < 4.78 is 38.3. The molecule has 1 unspecified atom stereocenters. The van der Waals surface area contributed by atoms with Gasteiger partial charge in [0, 0.05) is 44.8 Å². The molecule has 0 bridgehead atoms. The predicted octanol–water partition coefficient (Wildman–Crippen LogP) is 4.27. The molecule has 1 aromatic carbocycles. The molecule has 0 saturated carbocycles. The summed E-state index contributed by atoms with van der Waals surface area (Å²) in [5.74, 6) is -0.613. The number of hydrogen-bond donors (Lipinski definition) is 0. The second-order valence-corrected chi connectivity index (χ2v) is 11.1. The summed E-state index contributed by atoms with van der Waals surface area (Å²) in [6.45, 7) is 7.45. The summed E-state index contributed by atoms with van der Waals surface area (Å²) in [5, 5.41) is 0. The summed E-state index contributed by atoms with van der Waals surface area (Å²) in [6, 6.07) is 10.1. The van der Waals surface area contributed by atoms with Crippen LogP contribution in [0.15, 0.2) is 48.4 Å². The smallest absolute Gasteiger partial charge is 0.342 e. The van der Waals surface area contributed by atoms with Gasteiger partial charge < -0.3 is 9.80 Å². The number of halogens is 3. The van der Waals surface area contributed by atoms with E-state index >= 15 is 0 Å². The first-order valence-electron chi connectivity index (χ1n) is 13.5. The Labute approximate surface area is 226 Å². The minimum atomic E-state index is -4.49. The Kier molecular flexibility index (Phi) is 7.50. The van der Waals surface area contributed by atoms with Gasteiger partial charge in [0.1, 0.15) is 12.7 Å². The highest BCUT2D eigenvalue weighted by Crippen LogP contribution is 2.40. The number of nitrogens with zero attached hydrogens (tertiary/aromatic N) is 5. The number of benzene rings is 1. The molecule has 7 nitrogen and oxygen atoms in total. The minimum absolute atomic E-state index is 0.0612. The molecule has 1 atom stereocenters. The number of amides is 2. The van der Waals surface area contributed by atoms with Crippen molar-refractivity contribution in [2.45, 2.75) is 51.1 Å². The van der Waals surface area contributed by atoms with Gasteiger partial charge in [-0.3, -0.25) is 14.5 Å². The van der Waals surface area contributed by atoms with Crippen molar-refractivity contribution in [3.8, 4) is 0 Å². The molecule has 5 rings (SSSR count). The highest BCUT2D eigenvalue weighted by Gasteiger charge is 2.41. The second kappa shape index (κ2) is 10.7. The van der Waals surface area contributed by atoms with Crippen LogP contribution in [-0.2, 0) is 10.2 Å². The Morgan fingerprint density at radius 2 is 1.69 bits per heavy atom. The third-order valence-corrected chi connectivity index (χ3v) is 8.57. The highest BCUT2D eigenvalue weighted by molar-refractivity contribution is 5.97. The summed E-state index contributed by atoms with van der Waals surface area (Å²) in [5.41, 5.74) is 4.17. The SMILES string of the molecule is Cc1ncnc(C)c1C(=O)N1C=C2CN(CCC3(c4ccccc4)CCN(C(=O)CC(F)(F)F)CC3)CC2C1. The molecule has 3 aliphatic heterocycles. The van der Waals surface area contributed by atoms with Crippen molar-refractivity contribution in [1.82, 2.24) is 24.7 Å². The minimum Gasteiger partial charge on any atom is -0.342 e.